The average molecular weight is 182 g/mol. The fourth-order valence-corrected chi connectivity index (χ4v) is 0.762. The Labute approximate surface area is 70.2 Å². The van der Waals surface area contributed by atoms with Crippen molar-refractivity contribution in [2.45, 2.75) is 11.8 Å². The zero-order valence-electron chi connectivity index (χ0n) is 5.82. The SMILES string of the molecule is C/C=C(/NC)C(=O)C(Cl)Cl. The minimum absolute atomic E-state index is 0.298. The number of Topliss-reactive ketones (excluding diaryl/α,β-unsaturated/α-hetero) is 1. The van der Waals surface area contributed by atoms with Crippen LogP contribution >= 0.6 is 23.2 Å². The van der Waals surface area contributed by atoms with E-state index < -0.39 is 4.84 Å². The lowest BCUT2D eigenvalue weighted by Gasteiger charge is -2.03. The molecule has 0 aromatic rings. The summed E-state index contributed by atoms with van der Waals surface area (Å²) in [6, 6.07) is 0. The fourth-order valence-electron chi connectivity index (χ4n) is 0.527. The Balaban J connectivity index is 4.18. The van der Waals surface area contributed by atoms with E-state index in [0.717, 1.165) is 0 Å². The van der Waals surface area contributed by atoms with Crippen LogP contribution in [0.1, 0.15) is 6.92 Å². The van der Waals surface area contributed by atoms with Crippen LogP contribution in [0.25, 0.3) is 0 Å². The number of alkyl halides is 2. The number of likely N-dealkylation sites (N-methyl/N-ethyl adjacent to an activating group) is 1. The molecular weight excluding hydrogens is 173 g/mol. The molecule has 0 saturated carbocycles. The van der Waals surface area contributed by atoms with E-state index in [-0.39, 0.29) is 5.78 Å². The zero-order chi connectivity index (χ0) is 8.15. The van der Waals surface area contributed by atoms with Gasteiger partial charge in [-0.3, -0.25) is 4.79 Å². The van der Waals surface area contributed by atoms with Gasteiger partial charge in [0, 0.05) is 7.05 Å². The predicted molar refractivity (Wildman–Crippen MR) is 43.3 cm³/mol. The number of nitrogens with one attached hydrogen (secondary N) is 1. The van der Waals surface area contributed by atoms with E-state index >= 15 is 0 Å². The fraction of sp³-hybridized carbons (Fsp3) is 0.500. The first-order valence-electron chi connectivity index (χ1n) is 2.80. The molecule has 0 spiro atoms. The summed E-state index contributed by atoms with van der Waals surface area (Å²) in [7, 11) is 1.64. The van der Waals surface area contributed by atoms with E-state index in [2.05, 4.69) is 5.32 Å². The second kappa shape index (κ2) is 4.58. The van der Waals surface area contributed by atoms with E-state index in [1.807, 2.05) is 0 Å². The molecule has 0 bridgehead atoms. The summed E-state index contributed by atoms with van der Waals surface area (Å²) < 4.78 is 0. The lowest BCUT2D eigenvalue weighted by molar-refractivity contribution is -0.114. The van der Waals surface area contributed by atoms with E-state index in [0.29, 0.717) is 5.70 Å². The summed E-state index contributed by atoms with van der Waals surface area (Å²) in [5, 5.41) is 2.68. The number of hydrogen-bond donors (Lipinski definition) is 1. The first kappa shape index (κ1) is 9.79. The number of rotatable bonds is 3. The Morgan fingerprint density at radius 1 is 1.60 bits per heavy atom. The Morgan fingerprint density at radius 3 is 2.20 bits per heavy atom. The van der Waals surface area contributed by atoms with E-state index in [4.69, 9.17) is 23.2 Å². The highest BCUT2D eigenvalue weighted by Gasteiger charge is 2.14. The molecule has 2 nitrogen and oxygen atoms in total. The summed E-state index contributed by atoms with van der Waals surface area (Å²) in [4.78, 5) is 9.94. The van der Waals surface area contributed by atoms with Crippen LogP contribution in [0.2, 0.25) is 0 Å². The van der Waals surface area contributed by atoms with Crippen molar-refractivity contribution in [3.8, 4) is 0 Å². The number of carbonyl (C=O) groups excluding carboxylic acids is 1. The summed E-state index contributed by atoms with van der Waals surface area (Å²) >= 11 is 10.6. The van der Waals surface area contributed by atoms with Gasteiger partial charge in [0.2, 0.25) is 5.78 Å². The number of ketones is 1. The Bertz CT molecular complexity index is 154. The Kier molecular flexibility index (Phi) is 4.49. The van der Waals surface area contributed by atoms with Crippen molar-refractivity contribution in [2.75, 3.05) is 7.05 Å². The Morgan fingerprint density at radius 2 is 2.10 bits per heavy atom. The molecule has 0 heterocycles. The first-order valence-corrected chi connectivity index (χ1v) is 3.67. The lowest BCUT2D eigenvalue weighted by Crippen LogP contribution is -2.20. The van der Waals surface area contributed by atoms with Crippen molar-refractivity contribution in [2.24, 2.45) is 0 Å². The summed E-state index contributed by atoms with van der Waals surface area (Å²) in [6.45, 7) is 1.74. The number of hydrogen-bond acceptors (Lipinski definition) is 2. The molecule has 0 unspecified atom stereocenters. The molecule has 0 atom stereocenters. The molecule has 1 N–H and O–H groups in total. The van der Waals surface area contributed by atoms with Crippen LogP contribution in [0.5, 0.6) is 0 Å². The minimum Gasteiger partial charge on any atom is -0.385 e. The number of allylic oxidation sites excluding steroid dienone is 2. The predicted octanol–water partition coefficient (Wildman–Crippen LogP) is 1.48. The van der Waals surface area contributed by atoms with Gasteiger partial charge >= 0.3 is 0 Å². The van der Waals surface area contributed by atoms with E-state index in [1.54, 1.807) is 20.0 Å². The van der Waals surface area contributed by atoms with Crippen molar-refractivity contribution >= 4 is 29.0 Å². The highest BCUT2D eigenvalue weighted by Crippen LogP contribution is 2.07. The average Bonchev–Trinajstić information content (AvgIpc) is 1.90. The van der Waals surface area contributed by atoms with Gasteiger partial charge in [-0.25, -0.2) is 0 Å². The molecule has 4 heteroatoms. The summed E-state index contributed by atoms with van der Waals surface area (Å²) in [5.74, 6) is -0.298. The smallest absolute Gasteiger partial charge is 0.211 e. The van der Waals surface area contributed by atoms with Crippen LogP contribution < -0.4 is 5.32 Å². The zero-order valence-corrected chi connectivity index (χ0v) is 7.33. The molecule has 0 aliphatic carbocycles. The van der Waals surface area contributed by atoms with Crippen LogP contribution in [0.3, 0.4) is 0 Å². The largest absolute Gasteiger partial charge is 0.385 e. The van der Waals surface area contributed by atoms with Crippen molar-refractivity contribution in [1.82, 2.24) is 5.32 Å². The van der Waals surface area contributed by atoms with Crippen molar-refractivity contribution in [3.63, 3.8) is 0 Å². The second-order valence-corrected chi connectivity index (χ2v) is 2.71. The Hall–Kier alpha value is -0.210. The number of carbonyl (C=O) groups is 1. The van der Waals surface area contributed by atoms with Crippen molar-refractivity contribution < 1.29 is 4.79 Å². The van der Waals surface area contributed by atoms with Crippen LogP contribution in [0.15, 0.2) is 11.8 Å². The van der Waals surface area contributed by atoms with Gasteiger partial charge in [0.25, 0.3) is 0 Å². The molecule has 0 rings (SSSR count). The third-order valence-electron chi connectivity index (χ3n) is 1.02. The molecule has 0 aliphatic heterocycles. The van der Waals surface area contributed by atoms with Gasteiger partial charge in [-0.05, 0) is 6.92 Å². The maximum atomic E-state index is 10.9. The van der Waals surface area contributed by atoms with Gasteiger partial charge in [-0.2, -0.15) is 0 Å². The van der Waals surface area contributed by atoms with Gasteiger partial charge in [-0.1, -0.05) is 29.3 Å². The monoisotopic (exact) mass is 181 g/mol. The van der Waals surface area contributed by atoms with Gasteiger partial charge in [0.1, 0.15) is 0 Å². The molecule has 58 valence electrons. The molecule has 0 saturated heterocycles. The first-order chi connectivity index (χ1) is 4.63. The maximum absolute atomic E-state index is 10.9. The lowest BCUT2D eigenvalue weighted by atomic mass is 10.3. The molecule has 0 fully saturated rings. The third-order valence-corrected chi connectivity index (χ3v) is 1.42. The minimum atomic E-state index is -0.973. The summed E-state index contributed by atoms with van der Waals surface area (Å²) in [6.07, 6.45) is 1.63. The highest BCUT2D eigenvalue weighted by molar-refractivity contribution is 6.55. The molecule has 10 heavy (non-hydrogen) atoms. The van der Waals surface area contributed by atoms with Gasteiger partial charge in [-0.15, -0.1) is 0 Å². The van der Waals surface area contributed by atoms with Gasteiger partial charge in [0.15, 0.2) is 4.84 Å². The highest BCUT2D eigenvalue weighted by atomic mass is 35.5. The van der Waals surface area contributed by atoms with Gasteiger partial charge in [0.05, 0.1) is 5.70 Å². The van der Waals surface area contributed by atoms with Crippen molar-refractivity contribution in [1.29, 1.82) is 0 Å². The van der Waals surface area contributed by atoms with E-state index in [1.165, 1.54) is 0 Å². The third kappa shape index (κ3) is 2.58. The normalized spacial score (nSPS) is 11.9. The van der Waals surface area contributed by atoms with Crippen LogP contribution in [-0.4, -0.2) is 17.7 Å². The van der Waals surface area contributed by atoms with Crippen LogP contribution in [-0.2, 0) is 4.79 Å². The van der Waals surface area contributed by atoms with Crippen molar-refractivity contribution in [3.05, 3.63) is 11.8 Å². The standard InChI is InChI=1S/C6H9Cl2NO/c1-3-4(9-2)5(10)6(7)8/h3,6,9H,1-2H3/b4-3+. The van der Waals surface area contributed by atoms with Gasteiger partial charge < -0.3 is 5.32 Å². The maximum Gasteiger partial charge on any atom is 0.211 e. The van der Waals surface area contributed by atoms with Crippen LogP contribution in [0.4, 0.5) is 0 Å². The van der Waals surface area contributed by atoms with Crippen LogP contribution in [0, 0.1) is 0 Å². The number of halogens is 2. The summed E-state index contributed by atoms with van der Waals surface area (Å²) in [5.41, 5.74) is 0.440. The molecule has 0 aliphatic rings. The van der Waals surface area contributed by atoms with E-state index in [9.17, 15) is 4.79 Å². The molecule has 0 aromatic carbocycles. The molecular formula is C6H9Cl2NO. The molecule has 0 amide bonds. The molecule has 0 aromatic heterocycles. The second-order valence-electron chi connectivity index (χ2n) is 1.62. The topological polar surface area (TPSA) is 29.1 Å². The molecule has 0 radical (unpaired) electrons. The quantitative estimate of drug-likeness (QED) is 0.529.